The summed E-state index contributed by atoms with van der Waals surface area (Å²) in [6, 6.07) is 8.05. The van der Waals surface area contributed by atoms with Gasteiger partial charge in [0, 0.05) is 22.2 Å². The molecule has 6 heteroatoms. The molecule has 0 N–H and O–H groups in total. The van der Waals surface area contributed by atoms with Gasteiger partial charge in [-0.2, -0.15) is 0 Å². The molecular formula is C17H19IN2O2S. The smallest absolute Gasteiger partial charge is 0.232 e. The zero-order chi connectivity index (χ0) is 16.8. The molecule has 1 aromatic rings. The highest BCUT2D eigenvalue weighted by atomic mass is 127. The van der Waals surface area contributed by atoms with Gasteiger partial charge in [-0.15, -0.1) is 0 Å². The summed E-state index contributed by atoms with van der Waals surface area (Å²) in [6.07, 6.45) is 5.96. The van der Waals surface area contributed by atoms with Gasteiger partial charge in [0.15, 0.2) is 0 Å². The van der Waals surface area contributed by atoms with E-state index in [0.29, 0.717) is 13.0 Å². The summed E-state index contributed by atoms with van der Waals surface area (Å²) in [4.78, 5) is 4.81. The lowest BCUT2D eigenvalue weighted by molar-refractivity contribution is 0.515. The van der Waals surface area contributed by atoms with Gasteiger partial charge in [0.2, 0.25) is 10.0 Å². The van der Waals surface area contributed by atoms with Crippen molar-refractivity contribution in [3.05, 3.63) is 50.7 Å². The van der Waals surface area contributed by atoms with E-state index in [0.717, 1.165) is 26.1 Å². The predicted octanol–water partition coefficient (Wildman–Crippen LogP) is 3.46. The van der Waals surface area contributed by atoms with Gasteiger partial charge in [0.25, 0.3) is 0 Å². The molecule has 0 bridgehead atoms. The number of rotatable bonds is 2. The van der Waals surface area contributed by atoms with Gasteiger partial charge in [-0.1, -0.05) is 12.1 Å². The maximum atomic E-state index is 12.2. The second-order valence-electron chi connectivity index (χ2n) is 6.11. The molecule has 1 atom stereocenters. The fourth-order valence-corrected chi connectivity index (χ4v) is 4.68. The molecule has 1 saturated heterocycles. The Morgan fingerprint density at radius 2 is 1.91 bits per heavy atom. The number of sulfonamides is 1. The zero-order valence-electron chi connectivity index (χ0n) is 13.4. The average Bonchev–Trinajstić information content (AvgIpc) is 2.94. The summed E-state index contributed by atoms with van der Waals surface area (Å²) in [5.41, 5.74) is 3.27. The molecule has 2 aliphatic heterocycles. The second-order valence-corrected chi connectivity index (χ2v) is 9.26. The van der Waals surface area contributed by atoms with Crippen LogP contribution in [0.1, 0.15) is 25.8 Å². The fourth-order valence-electron chi connectivity index (χ4n) is 3.34. The number of nitrogens with zero attached hydrogens (tertiary/aromatic N) is 2. The van der Waals surface area contributed by atoms with Crippen LogP contribution in [0.2, 0.25) is 0 Å². The Kier molecular flexibility index (Phi) is 4.16. The molecule has 4 nitrogen and oxygen atoms in total. The van der Waals surface area contributed by atoms with E-state index >= 15 is 0 Å². The summed E-state index contributed by atoms with van der Waals surface area (Å²) in [7, 11) is -3.32. The van der Waals surface area contributed by atoms with E-state index in [-0.39, 0.29) is 0 Å². The first-order valence-corrected chi connectivity index (χ1v) is 10.4. The Morgan fingerprint density at radius 1 is 1.26 bits per heavy atom. The van der Waals surface area contributed by atoms with Crippen LogP contribution >= 0.6 is 22.6 Å². The van der Waals surface area contributed by atoms with Crippen molar-refractivity contribution in [3.63, 3.8) is 0 Å². The van der Waals surface area contributed by atoms with E-state index in [2.05, 4.69) is 22.6 Å². The lowest BCUT2D eigenvalue weighted by atomic mass is 9.88. The van der Waals surface area contributed by atoms with Gasteiger partial charge in [-0.25, -0.2) is 8.42 Å². The summed E-state index contributed by atoms with van der Waals surface area (Å²) >= 11 is 2.26. The van der Waals surface area contributed by atoms with Gasteiger partial charge < -0.3 is 0 Å². The summed E-state index contributed by atoms with van der Waals surface area (Å²) in [6.45, 7) is 4.47. The minimum absolute atomic E-state index is 0.469. The number of halogens is 1. The maximum Gasteiger partial charge on any atom is 0.232 e. The molecule has 0 unspecified atom stereocenters. The second kappa shape index (κ2) is 5.73. The minimum Gasteiger partial charge on any atom is -0.273 e. The van der Waals surface area contributed by atoms with Crippen LogP contribution in [0.3, 0.4) is 0 Å². The van der Waals surface area contributed by atoms with Gasteiger partial charge in [0.1, 0.15) is 5.54 Å². The Bertz CT molecular complexity index is 838. The first-order chi connectivity index (χ1) is 10.7. The molecule has 1 spiro atoms. The molecule has 23 heavy (non-hydrogen) atoms. The molecule has 0 radical (unpaired) electrons. The first-order valence-electron chi connectivity index (χ1n) is 7.43. The number of allylic oxidation sites excluding steroid dienone is 1. The summed E-state index contributed by atoms with van der Waals surface area (Å²) < 4.78 is 27.1. The quantitative estimate of drug-likeness (QED) is 0.659. The third-order valence-electron chi connectivity index (χ3n) is 4.39. The Labute approximate surface area is 151 Å². The molecule has 0 saturated carbocycles. The molecule has 1 aromatic carbocycles. The van der Waals surface area contributed by atoms with Gasteiger partial charge in [0.05, 0.1) is 12.0 Å². The number of hydrogen-bond acceptors (Lipinski definition) is 3. The highest BCUT2D eigenvalue weighted by Crippen LogP contribution is 2.45. The van der Waals surface area contributed by atoms with Crippen LogP contribution < -0.4 is 0 Å². The van der Waals surface area contributed by atoms with Crippen LogP contribution in [0.4, 0.5) is 0 Å². The van der Waals surface area contributed by atoms with E-state index in [1.807, 2.05) is 50.3 Å². The van der Waals surface area contributed by atoms with Gasteiger partial charge >= 0.3 is 0 Å². The third kappa shape index (κ3) is 2.98. The topological polar surface area (TPSA) is 49.7 Å². The largest absolute Gasteiger partial charge is 0.273 e. The minimum atomic E-state index is -3.32. The molecule has 1 fully saturated rings. The molecule has 2 heterocycles. The molecule has 0 aromatic heterocycles. The highest BCUT2D eigenvalue weighted by Gasteiger charge is 2.48. The lowest BCUT2D eigenvalue weighted by Crippen LogP contribution is -2.32. The van der Waals surface area contributed by atoms with Crippen LogP contribution in [-0.2, 0) is 10.0 Å². The van der Waals surface area contributed by atoms with Gasteiger partial charge in [-0.05, 0) is 71.9 Å². The fraction of sp³-hybridized carbons (Fsp3) is 0.353. The Morgan fingerprint density at radius 3 is 2.43 bits per heavy atom. The standard InChI is InChI=1S/C17H19IN2O2S/c1-12-10-13(2)19-17(12)8-9-20(23(3,21)22)16(17)11-14-4-6-15(18)7-5-14/h4-7,10-11H,8-9H2,1-3H3/b16-11+/t17-/m1/s1. The van der Waals surface area contributed by atoms with E-state index in [1.165, 1.54) is 10.6 Å². The lowest BCUT2D eigenvalue weighted by Gasteiger charge is -2.27. The van der Waals surface area contributed by atoms with Crippen molar-refractivity contribution >= 4 is 44.4 Å². The van der Waals surface area contributed by atoms with Crippen molar-refractivity contribution < 1.29 is 8.42 Å². The normalized spacial score (nSPS) is 26.1. The average molecular weight is 442 g/mol. The van der Waals surface area contributed by atoms with Gasteiger partial charge in [-0.3, -0.25) is 9.30 Å². The summed E-state index contributed by atoms with van der Waals surface area (Å²) in [5, 5.41) is 0. The van der Waals surface area contributed by atoms with E-state index in [4.69, 9.17) is 4.99 Å². The third-order valence-corrected chi connectivity index (χ3v) is 6.29. The van der Waals surface area contributed by atoms with Crippen molar-refractivity contribution in [2.75, 3.05) is 12.8 Å². The number of benzene rings is 1. The van der Waals surface area contributed by atoms with Crippen LogP contribution in [-0.4, -0.2) is 36.8 Å². The van der Waals surface area contributed by atoms with Crippen LogP contribution in [0, 0.1) is 3.57 Å². The number of aliphatic imine (C=N–C) groups is 1. The molecule has 2 aliphatic rings. The van der Waals surface area contributed by atoms with E-state index in [9.17, 15) is 8.42 Å². The van der Waals surface area contributed by atoms with Crippen LogP contribution in [0.25, 0.3) is 6.08 Å². The van der Waals surface area contributed by atoms with E-state index in [1.54, 1.807) is 0 Å². The predicted molar refractivity (Wildman–Crippen MR) is 103 cm³/mol. The Balaban J connectivity index is 2.16. The maximum absolute atomic E-state index is 12.2. The van der Waals surface area contributed by atoms with Crippen molar-refractivity contribution in [2.45, 2.75) is 25.8 Å². The summed E-state index contributed by atoms with van der Waals surface area (Å²) in [5.74, 6) is 0. The van der Waals surface area contributed by atoms with Crippen LogP contribution in [0.5, 0.6) is 0 Å². The van der Waals surface area contributed by atoms with Crippen molar-refractivity contribution in [2.24, 2.45) is 4.99 Å². The monoisotopic (exact) mass is 442 g/mol. The molecule has 0 aliphatic carbocycles. The van der Waals surface area contributed by atoms with Crippen molar-refractivity contribution in [3.8, 4) is 0 Å². The zero-order valence-corrected chi connectivity index (χ0v) is 16.3. The molecule has 0 amide bonds. The SMILES string of the molecule is CC1=CC(C)=N[C@]12CCN(S(C)(=O)=O)/C2=C/c1ccc(I)cc1. The van der Waals surface area contributed by atoms with Crippen molar-refractivity contribution in [1.82, 2.24) is 4.31 Å². The van der Waals surface area contributed by atoms with Crippen molar-refractivity contribution in [1.29, 1.82) is 0 Å². The molecule has 122 valence electrons. The van der Waals surface area contributed by atoms with Crippen LogP contribution in [0.15, 0.2) is 46.6 Å². The number of hydrogen-bond donors (Lipinski definition) is 0. The van der Waals surface area contributed by atoms with E-state index < -0.39 is 15.6 Å². The molecule has 3 rings (SSSR count). The highest BCUT2D eigenvalue weighted by molar-refractivity contribution is 14.1. The molecular weight excluding hydrogens is 423 g/mol. The Hall–Kier alpha value is -1.15. The first kappa shape index (κ1) is 16.7.